The zero-order chi connectivity index (χ0) is 23.9. The number of hydrogen-bond acceptors (Lipinski definition) is 1. The van der Waals surface area contributed by atoms with E-state index >= 15 is 0 Å². The Morgan fingerprint density at radius 1 is 0.647 bits per heavy atom. The van der Waals surface area contributed by atoms with Crippen molar-refractivity contribution in [1.82, 2.24) is 0 Å². The van der Waals surface area contributed by atoms with Crippen molar-refractivity contribution in [3.05, 3.63) is 118 Å². The van der Waals surface area contributed by atoms with Crippen LogP contribution in [0.5, 0.6) is 0 Å². The van der Waals surface area contributed by atoms with Gasteiger partial charge in [-0.05, 0) is 83.8 Å². The number of halogens is 3. The number of hydrogen-bond donors (Lipinski definition) is 0. The van der Waals surface area contributed by atoms with Gasteiger partial charge in [-0.25, -0.2) is 13.2 Å². The number of ether oxygens (including phenoxy) is 1. The maximum absolute atomic E-state index is 14.6. The average Bonchev–Trinajstić information content (AvgIpc) is 2.83. The predicted molar refractivity (Wildman–Crippen MR) is 129 cm³/mol. The van der Waals surface area contributed by atoms with Gasteiger partial charge >= 0.3 is 0 Å². The first kappa shape index (κ1) is 23.2. The molecule has 0 aliphatic rings. The normalized spacial score (nSPS) is 10.4. The van der Waals surface area contributed by atoms with Crippen LogP contribution in [0.2, 0.25) is 0 Å². The van der Waals surface area contributed by atoms with E-state index in [0.717, 1.165) is 29.2 Å². The summed E-state index contributed by atoms with van der Waals surface area (Å²) in [4.78, 5) is 0. The molecule has 0 aliphatic carbocycles. The van der Waals surface area contributed by atoms with E-state index in [2.05, 4.69) is 23.7 Å². The third kappa shape index (κ3) is 5.87. The maximum Gasteiger partial charge on any atom is 0.140 e. The van der Waals surface area contributed by atoms with Gasteiger partial charge in [-0.2, -0.15) is 0 Å². The van der Waals surface area contributed by atoms with Crippen molar-refractivity contribution >= 4 is 10.8 Å². The molecule has 1 nitrogen and oxygen atoms in total. The Bertz CT molecular complexity index is 1470. The van der Waals surface area contributed by atoms with Gasteiger partial charge in [0.1, 0.15) is 17.5 Å². The van der Waals surface area contributed by atoms with Crippen molar-refractivity contribution < 1.29 is 17.9 Å². The van der Waals surface area contributed by atoms with Crippen molar-refractivity contribution in [1.29, 1.82) is 0 Å². The second kappa shape index (κ2) is 10.8. The van der Waals surface area contributed by atoms with E-state index in [1.807, 2.05) is 12.1 Å². The van der Waals surface area contributed by atoms with Gasteiger partial charge < -0.3 is 4.74 Å². The minimum absolute atomic E-state index is 0.233. The molecule has 0 bridgehead atoms. The van der Waals surface area contributed by atoms with Gasteiger partial charge in [0.05, 0.1) is 11.1 Å². The zero-order valence-electron chi connectivity index (χ0n) is 18.6. The van der Waals surface area contributed by atoms with Crippen molar-refractivity contribution in [2.24, 2.45) is 0 Å². The van der Waals surface area contributed by atoms with E-state index in [1.165, 1.54) is 24.3 Å². The van der Waals surface area contributed by atoms with Crippen molar-refractivity contribution in [2.75, 3.05) is 13.7 Å². The molecule has 0 N–H and O–H groups in total. The Kier molecular flexibility index (Phi) is 7.33. The molecule has 0 radical (unpaired) electrons. The molecule has 0 saturated carbocycles. The Morgan fingerprint density at radius 2 is 1.26 bits per heavy atom. The average molecular weight is 454 g/mol. The molecular weight excluding hydrogens is 433 g/mol. The molecule has 0 aromatic heterocycles. The summed E-state index contributed by atoms with van der Waals surface area (Å²) in [6.45, 7) is 0.624. The van der Waals surface area contributed by atoms with Crippen LogP contribution in [0.1, 0.15) is 34.2 Å². The first-order valence-corrected chi connectivity index (χ1v) is 10.8. The predicted octanol–water partition coefficient (Wildman–Crippen LogP) is 6.64. The maximum atomic E-state index is 14.6. The fraction of sp³-hybridized carbons (Fsp3) is 0.133. The molecule has 4 aromatic rings. The quantitative estimate of drug-likeness (QED) is 0.248. The summed E-state index contributed by atoms with van der Waals surface area (Å²) in [5.74, 6) is 10.1. The molecule has 0 atom stereocenters. The molecule has 0 unspecified atom stereocenters. The molecular formula is C30H21F3O. The zero-order valence-corrected chi connectivity index (χ0v) is 18.6. The second-order valence-electron chi connectivity index (χ2n) is 7.81. The van der Waals surface area contributed by atoms with E-state index in [0.29, 0.717) is 17.7 Å². The van der Waals surface area contributed by atoms with Crippen molar-refractivity contribution in [2.45, 2.75) is 12.8 Å². The fourth-order valence-electron chi connectivity index (χ4n) is 3.50. The SMILES string of the molecule is COCCCc1ccc(C#Cc2ccc(C#Cc3ccc4cc(F)ccc4c3)c(F)c2)c(F)c1. The van der Waals surface area contributed by atoms with Crippen LogP contribution in [-0.4, -0.2) is 13.7 Å². The van der Waals surface area contributed by atoms with Gasteiger partial charge in [0.15, 0.2) is 0 Å². The lowest BCUT2D eigenvalue weighted by atomic mass is 10.1. The lowest BCUT2D eigenvalue weighted by Gasteiger charge is -2.02. The summed E-state index contributed by atoms with van der Waals surface area (Å²) in [6, 6.07) is 19.4. The first-order valence-electron chi connectivity index (χ1n) is 10.8. The summed E-state index contributed by atoms with van der Waals surface area (Å²) in [6.07, 6.45) is 1.54. The molecule has 0 amide bonds. The van der Waals surface area contributed by atoms with Crippen molar-refractivity contribution in [3.8, 4) is 23.7 Å². The number of benzene rings is 4. The van der Waals surface area contributed by atoms with E-state index in [9.17, 15) is 13.2 Å². The number of methoxy groups -OCH3 is 1. The minimum atomic E-state index is -0.504. The molecule has 0 spiro atoms. The lowest BCUT2D eigenvalue weighted by Crippen LogP contribution is -1.94. The van der Waals surface area contributed by atoms with Crippen LogP contribution in [0, 0.1) is 41.1 Å². The van der Waals surface area contributed by atoms with Gasteiger partial charge in [-0.15, -0.1) is 0 Å². The van der Waals surface area contributed by atoms with Crippen LogP contribution in [0.15, 0.2) is 72.8 Å². The van der Waals surface area contributed by atoms with Crippen LogP contribution in [0.4, 0.5) is 13.2 Å². The van der Waals surface area contributed by atoms with Crippen LogP contribution >= 0.6 is 0 Å². The molecule has 0 aliphatic heterocycles. The van der Waals surface area contributed by atoms with Crippen molar-refractivity contribution in [3.63, 3.8) is 0 Å². The molecule has 34 heavy (non-hydrogen) atoms. The van der Waals surface area contributed by atoms with Crippen LogP contribution in [0.25, 0.3) is 10.8 Å². The van der Waals surface area contributed by atoms with Gasteiger partial charge in [-0.3, -0.25) is 0 Å². The monoisotopic (exact) mass is 454 g/mol. The highest BCUT2D eigenvalue weighted by Crippen LogP contribution is 2.17. The highest BCUT2D eigenvalue weighted by atomic mass is 19.1. The van der Waals surface area contributed by atoms with E-state index in [-0.39, 0.29) is 16.9 Å². The lowest BCUT2D eigenvalue weighted by molar-refractivity contribution is 0.195. The van der Waals surface area contributed by atoms with Gasteiger partial charge in [0.2, 0.25) is 0 Å². The largest absolute Gasteiger partial charge is 0.385 e. The van der Waals surface area contributed by atoms with Gasteiger partial charge in [0, 0.05) is 24.8 Å². The number of aryl methyl sites for hydroxylation is 1. The Hall–Kier alpha value is -3.99. The van der Waals surface area contributed by atoms with Crippen LogP contribution < -0.4 is 0 Å². The minimum Gasteiger partial charge on any atom is -0.385 e. The Balaban J connectivity index is 1.49. The smallest absolute Gasteiger partial charge is 0.140 e. The summed E-state index contributed by atoms with van der Waals surface area (Å²) in [7, 11) is 1.64. The number of rotatable bonds is 4. The molecule has 4 rings (SSSR count). The molecule has 0 saturated heterocycles. The number of fused-ring (bicyclic) bond motifs is 1. The van der Waals surface area contributed by atoms with E-state index in [1.54, 1.807) is 43.5 Å². The van der Waals surface area contributed by atoms with Gasteiger partial charge in [0.25, 0.3) is 0 Å². The van der Waals surface area contributed by atoms with Gasteiger partial charge in [-0.1, -0.05) is 41.9 Å². The summed E-state index contributed by atoms with van der Waals surface area (Å²) < 4.78 is 47.2. The van der Waals surface area contributed by atoms with Crippen LogP contribution in [-0.2, 0) is 11.2 Å². The highest BCUT2D eigenvalue weighted by Gasteiger charge is 2.03. The fourth-order valence-corrected chi connectivity index (χ4v) is 3.50. The molecule has 0 heterocycles. The molecule has 168 valence electrons. The Morgan fingerprint density at radius 3 is 1.97 bits per heavy atom. The highest BCUT2D eigenvalue weighted by molar-refractivity contribution is 5.84. The molecule has 0 fully saturated rings. The third-order valence-electron chi connectivity index (χ3n) is 5.30. The summed E-state index contributed by atoms with van der Waals surface area (Å²) >= 11 is 0. The molecule has 4 aromatic carbocycles. The van der Waals surface area contributed by atoms with Crippen LogP contribution in [0.3, 0.4) is 0 Å². The second-order valence-corrected chi connectivity index (χ2v) is 7.81. The van der Waals surface area contributed by atoms with E-state index < -0.39 is 11.6 Å². The van der Waals surface area contributed by atoms with E-state index in [4.69, 9.17) is 4.74 Å². The third-order valence-corrected chi connectivity index (χ3v) is 5.30. The standard InChI is InChI=1S/C30H21F3O/c1-34-16-2-3-21-4-9-24(29(32)18-21)11-6-23-7-12-25(30(33)19-23)10-5-22-8-13-27-20-28(31)15-14-26(27)17-22/h4,7-9,12-15,17-20H,2-3,16H2,1H3. The summed E-state index contributed by atoms with van der Waals surface area (Å²) in [5.41, 5.74) is 2.50. The summed E-state index contributed by atoms with van der Waals surface area (Å²) in [5, 5.41) is 1.63. The topological polar surface area (TPSA) is 9.23 Å². The Labute approximate surface area is 197 Å². The first-order chi connectivity index (χ1) is 16.5. The molecule has 4 heteroatoms.